The number of nitrogens with zero attached hydrogens (tertiary/aromatic N) is 1. The Labute approximate surface area is 100 Å². The standard InChI is InChI=1S/C11H18N2O4/c1-7(12)10-8(6-9(14)17-10)11(15)13-2-4-16-5-3-13/h7-8,10H,2-6,12H2,1H3. The molecule has 2 fully saturated rings. The lowest BCUT2D eigenvalue weighted by molar-refractivity contribution is -0.144. The maximum Gasteiger partial charge on any atom is 0.307 e. The lowest BCUT2D eigenvalue weighted by atomic mass is 9.95. The predicted molar refractivity (Wildman–Crippen MR) is 59.0 cm³/mol. The normalized spacial score (nSPS) is 31.2. The quantitative estimate of drug-likeness (QED) is 0.636. The molecule has 17 heavy (non-hydrogen) atoms. The Morgan fingerprint density at radius 1 is 1.47 bits per heavy atom. The highest BCUT2D eigenvalue weighted by atomic mass is 16.6. The van der Waals surface area contributed by atoms with Gasteiger partial charge < -0.3 is 20.1 Å². The van der Waals surface area contributed by atoms with Gasteiger partial charge in [-0.1, -0.05) is 0 Å². The number of esters is 1. The van der Waals surface area contributed by atoms with Crippen molar-refractivity contribution in [3.63, 3.8) is 0 Å². The number of carbonyl (C=O) groups excluding carboxylic acids is 2. The molecule has 0 radical (unpaired) electrons. The molecule has 6 nitrogen and oxygen atoms in total. The topological polar surface area (TPSA) is 81.9 Å². The van der Waals surface area contributed by atoms with Crippen molar-refractivity contribution in [2.24, 2.45) is 11.7 Å². The minimum atomic E-state index is -0.488. The number of nitrogens with two attached hydrogens (primary N) is 1. The van der Waals surface area contributed by atoms with Gasteiger partial charge >= 0.3 is 5.97 Å². The molecule has 3 unspecified atom stereocenters. The van der Waals surface area contributed by atoms with Gasteiger partial charge in [-0.15, -0.1) is 0 Å². The molecule has 2 N–H and O–H groups in total. The third-order valence-corrected chi connectivity index (χ3v) is 3.21. The van der Waals surface area contributed by atoms with Gasteiger partial charge in [0, 0.05) is 19.1 Å². The summed E-state index contributed by atoms with van der Waals surface area (Å²) < 4.78 is 10.3. The number of ether oxygens (including phenoxy) is 2. The van der Waals surface area contributed by atoms with Crippen LogP contribution in [0.5, 0.6) is 0 Å². The van der Waals surface area contributed by atoms with Gasteiger partial charge in [0.05, 0.1) is 25.6 Å². The van der Waals surface area contributed by atoms with Crippen LogP contribution in [0.4, 0.5) is 0 Å². The van der Waals surface area contributed by atoms with Crippen molar-refractivity contribution < 1.29 is 19.1 Å². The molecule has 2 aliphatic rings. The Hall–Kier alpha value is -1.14. The van der Waals surface area contributed by atoms with Gasteiger partial charge in [-0.05, 0) is 6.92 Å². The van der Waals surface area contributed by atoms with Crippen molar-refractivity contribution in [2.75, 3.05) is 26.3 Å². The molecule has 0 aromatic carbocycles. The van der Waals surface area contributed by atoms with Crippen LogP contribution in [0, 0.1) is 5.92 Å². The van der Waals surface area contributed by atoms with Gasteiger partial charge in [-0.25, -0.2) is 0 Å². The molecule has 2 heterocycles. The Morgan fingerprint density at radius 3 is 2.71 bits per heavy atom. The van der Waals surface area contributed by atoms with E-state index >= 15 is 0 Å². The zero-order valence-electron chi connectivity index (χ0n) is 9.93. The highest BCUT2D eigenvalue weighted by Crippen LogP contribution is 2.26. The third kappa shape index (κ3) is 2.58. The summed E-state index contributed by atoms with van der Waals surface area (Å²) in [7, 11) is 0. The number of morpholine rings is 1. The molecule has 2 rings (SSSR count). The molecule has 2 saturated heterocycles. The van der Waals surface area contributed by atoms with Crippen LogP contribution >= 0.6 is 0 Å². The molecule has 0 spiro atoms. The smallest absolute Gasteiger partial charge is 0.307 e. The average Bonchev–Trinajstić information content (AvgIpc) is 2.72. The molecule has 0 aromatic rings. The molecular weight excluding hydrogens is 224 g/mol. The van der Waals surface area contributed by atoms with Crippen LogP contribution in [0.1, 0.15) is 13.3 Å². The fourth-order valence-corrected chi connectivity index (χ4v) is 2.30. The average molecular weight is 242 g/mol. The van der Waals surface area contributed by atoms with Crippen LogP contribution in [0.15, 0.2) is 0 Å². The summed E-state index contributed by atoms with van der Waals surface area (Å²) in [4.78, 5) is 25.3. The first-order valence-corrected chi connectivity index (χ1v) is 5.91. The molecule has 2 aliphatic heterocycles. The van der Waals surface area contributed by atoms with E-state index in [1.165, 1.54) is 0 Å². The van der Waals surface area contributed by atoms with E-state index in [1.807, 2.05) is 0 Å². The van der Waals surface area contributed by atoms with Gasteiger partial charge in [0.1, 0.15) is 6.10 Å². The monoisotopic (exact) mass is 242 g/mol. The lowest BCUT2D eigenvalue weighted by Gasteiger charge is -2.30. The molecule has 1 amide bonds. The van der Waals surface area contributed by atoms with Crippen molar-refractivity contribution in [1.82, 2.24) is 4.90 Å². The highest BCUT2D eigenvalue weighted by Gasteiger charge is 2.43. The Balaban J connectivity index is 2.04. The molecule has 96 valence electrons. The zero-order chi connectivity index (χ0) is 12.4. The van der Waals surface area contributed by atoms with E-state index in [0.717, 1.165) is 0 Å². The molecule has 0 bridgehead atoms. The summed E-state index contributed by atoms with van der Waals surface area (Å²) in [6, 6.07) is -0.323. The molecule has 6 heteroatoms. The van der Waals surface area contributed by atoms with Crippen molar-refractivity contribution in [1.29, 1.82) is 0 Å². The highest BCUT2D eigenvalue weighted by molar-refractivity contribution is 5.87. The van der Waals surface area contributed by atoms with Crippen LogP contribution in [0.2, 0.25) is 0 Å². The van der Waals surface area contributed by atoms with Crippen LogP contribution in [0.3, 0.4) is 0 Å². The van der Waals surface area contributed by atoms with Gasteiger partial charge in [0.25, 0.3) is 0 Å². The minimum Gasteiger partial charge on any atom is -0.460 e. The number of cyclic esters (lactones) is 1. The fraction of sp³-hybridized carbons (Fsp3) is 0.818. The van der Waals surface area contributed by atoms with E-state index < -0.39 is 12.0 Å². The lowest BCUT2D eigenvalue weighted by Crippen LogP contribution is -2.48. The van der Waals surface area contributed by atoms with Crippen molar-refractivity contribution in [3.05, 3.63) is 0 Å². The van der Waals surface area contributed by atoms with E-state index in [4.69, 9.17) is 15.2 Å². The van der Waals surface area contributed by atoms with Crippen LogP contribution < -0.4 is 5.73 Å². The Bertz CT molecular complexity index is 313. The fourth-order valence-electron chi connectivity index (χ4n) is 2.30. The Kier molecular flexibility index (Phi) is 3.63. The zero-order valence-corrected chi connectivity index (χ0v) is 9.93. The van der Waals surface area contributed by atoms with E-state index in [0.29, 0.717) is 26.3 Å². The van der Waals surface area contributed by atoms with E-state index in [9.17, 15) is 9.59 Å². The van der Waals surface area contributed by atoms with Gasteiger partial charge in [0.15, 0.2) is 0 Å². The van der Waals surface area contributed by atoms with E-state index in [-0.39, 0.29) is 24.3 Å². The second kappa shape index (κ2) is 5.01. The maximum absolute atomic E-state index is 12.2. The van der Waals surface area contributed by atoms with Crippen molar-refractivity contribution >= 4 is 11.9 Å². The molecule has 0 aromatic heterocycles. The summed E-state index contributed by atoms with van der Waals surface area (Å²) in [6.07, 6.45) is -0.347. The van der Waals surface area contributed by atoms with Gasteiger partial charge in [-0.3, -0.25) is 9.59 Å². The second-order valence-electron chi connectivity index (χ2n) is 4.56. The molecular formula is C11H18N2O4. The van der Waals surface area contributed by atoms with Crippen molar-refractivity contribution in [2.45, 2.75) is 25.5 Å². The summed E-state index contributed by atoms with van der Waals surface area (Å²) >= 11 is 0. The summed E-state index contributed by atoms with van der Waals surface area (Å²) in [5, 5.41) is 0. The van der Waals surface area contributed by atoms with Gasteiger partial charge in [-0.2, -0.15) is 0 Å². The molecule has 0 saturated carbocycles. The molecule has 0 aliphatic carbocycles. The summed E-state index contributed by atoms with van der Waals surface area (Å²) in [5.41, 5.74) is 5.74. The first kappa shape index (κ1) is 12.3. The van der Waals surface area contributed by atoms with E-state index in [2.05, 4.69) is 0 Å². The first-order chi connectivity index (χ1) is 8.09. The SMILES string of the molecule is CC(N)C1OC(=O)CC1C(=O)N1CCOCC1. The number of hydrogen-bond acceptors (Lipinski definition) is 5. The largest absolute Gasteiger partial charge is 0.460 e. The van der Waals surface area contributed by atoms with Gasteiger partial charge in [0.2, 0.25) is 5.91 Å². The number of amides is 1. The van der Waals surface area contributed by atoms with Crippen molar-refractivity contribution in [3.8, 4) is 0 Å². The maximum atomic E-state index is 12.2. The van der Waals surface area contributed by atoms with Crippen LogP contribution in [0.25, 0.3) is 0 Å². The minimum absolute atomic E-state index is 0.0403. The number of hydrogen-bond donors (Lipinski definition) is 1. The molecule has 3 atom stereocenters. The Morgan fingerprint density at radius 2 is 2.12 bits per heavy atom. The second-order valence-corrected chi connectivity index (χ2v) is 4.56. The van der Waals surface area contributed by atoms with Crippen LogP contribution in [-0.4, -0.2) is 55.2 Å². The van der Waals surface area contributed by atoms with Crippen LogP contribution in [-0.2, 0) is 19.1 Å². The number of carbonyl (C=O) groups is 2. The number of rotatable bonds is 2. The first-order valence-electron chi connectivity index (χ1n) is 5.91. The van der Waals surface area contributed by atoms with E-state index in [1.54, 1.807) is 11.8 Å². The summed E-state index contributed by atoms with van der Waals surface area (Å²) in [6.45, 7) is 4.01. The third-order valence-electron chi connectivity index (χ3n) is 3.21. The summed E-state index contributed by atoms with van der Waals surface area (Å²) in [5.74, 6) is -0.805. The predicted octanol–water partition coefficient (Wildman–Crippen LogP) is -0.876.